The molecule has 0 radical (unpaired) electrons. The van der Waals surface area contributed by atoms with Gasteiger partial charge in [-0.05, 0) is 69.7 Å². The quantitative estimate of drug-likeness (QED) is 0.0658. The molecule has 0 aliphatic carbocycles. The number of aliphatic imine (C=N–C) groups is 1. The molecule has 2 atom stereocenters. The van der Waals surface area contributed by atoms with Gasteiger partial charge in [-0.15, -0.1) is 0 Å². The van der Waals surface area contributed by atoms with E-state index in [9.17, 15) is 4.79 Å². The van der Waals surface area contributed by atoms with Gasteiger partial charge in [0, 0.05) is 40.5 Å². The molecular formula is C34H32N8O4. The zero-order chi connectivity index (χ0) is 32.2. The first kappa shape index (κ1) is 31.6. The zero-order valence-corrected chi connectivity index (χ0v) is 24.9. The lowest BCUT2D eigenvalue weighted by Gasteiger charge is -2.32. The third-order valence-electron chi connectivity index (χ3n) is 7.59. The van der Waals surface area contributed by atoms with E-state index in [1.54, 1.807) is 36.4 Å². The van der Waals surface area contributed by atoms with Crippen molar-refractivity contribution in [3.05, 3.63) is 152 Å². The number of nitrogens with zero attached hydrogens (tertiary/aromatic N) is 7. The van der Waals surface area contributed by atoms with Gasteiger partial charge in [0.25, 0.3) is 5.91 Å². The predicted molar refractivity (Wildman–Crippen MR) is 174 cm³/mol. The van der Waals surface area contributed by atoms with Gasteiger partial charge in [0.15, 0.2) is 11.6 Å². The lowest BCUT2D eigenvalue weighted by atomic mass is 9.79. The minimum atomic E-state index is -1.54. The lowest BCUT2D eigenvalue weighted by molar-refractivity contribution is -0.123. The van der Waals surface area contributed by atoms with Crippen LogP contribution in [0.4, 0.5) is 5.69 Å². The molecule has 1 heterocycles. The van der Waals surface area contributed by atoms with Gasteiger partial charge >= 0.3 is 0 Å². The largest absolute Gasteiger partial charge is 0.494 e. The molecule has 46 heavy (non-hydrogen) atoms. The molecule has 0 saturated heterocycles. The number of hydrogen-bond acceptors (Lipinski definition) is 7. The zero-order valence-electron chi connectivity index (χ0n) is 24.9. The van der Waals surface area contributed by atoms with Crippen molar-refractivity contribution in [1.82, 2.24) is 0 Å². The molecule has 0 aromatic heterocycles. The molecule has 0 fully saturated rings. The van der Waals surface area contributed by atoms with E-state index in [1.165, 1.54) is 0 Å². The number of carbonyl (C=O) groups is 1. The van der Waals surface area contributed by atoms with Gasteiger partial charge in [0.1, 0.15) is 5.75 Å². The van der Waals surface area contributed by atoms with Crippen LogP contribution in [0.2, 0.25) is 0 Å². The Morgan fingerprint density at radius 2 is 1.50 bits per heavy atom. The van der Waals surface area contributed by atoms with E-state index in [2.05, 4.69) is 25.4 Å². The fraction of sp³-hybridized carbons (Fsp3) is 0.235. The van der Waals surface area contributed by atoms with Crippen LogP contribution in [-0.4, -0.2) is 35.7 Å². The van der Waals surface area contributed by atoms with Crippen molar-refractivity contribution in [3.8, 4) is 5.75 Å². The number of azide groups is 2. The summed E-state index contributed by atoms with van der Waals surface area (Å²) in [5.74, 6) is 0.466. The van der Waals surface area contributed by atoms with Gasteiger partial charge in [-0.2, -0.15) is 0 Å². The Morgan fingerprint density at radius 1 is 0.870 bits per heavy atom. The van der Waals surface area contributed by atoms with Gasteiger partial charge in [0.2, 0.25) is 5.90 Å². The molecule has 0 saturated carbocycles. The maximum absolute atomic E-state index is 14.7. The SMILES string of the molecule is [N-]=[N+]=NCc1ccccc1C[C@@]1(C(=O)Nc2ccccc2)N=C(c2ccc(OCCCO)cc2)O[C@@H]1c1ccccc1CN=[N+]=[N-]. The molecule has 5 rings (SSSR count). The van der Waals surface area contributed by atoms with Crippen molar-refractivity contribution in [2.45, 2.75) is 37.6 Å². The number of hydrogen-bond donors (Lipinski definition) is 2. The molecule has 12 heteroatoms. The van der Waals surface area contributed by atoms with Crippen molar-refractivity contribution in [3.63, 3.8) is 0 Å². The molecule has 1 amide bonds. The molecule has 232 valence electrons. The van der Waals surface area contributed by atoms with Crippen molar-refractivity contribution in [2.24, 2.45) is 15.2 Å². The first-order chi connectivity index (χ1) is 22.6. The highest BCUT2D eigenvalue weighted by Gasteiger charge is 2.54. The van der Waals surface area contributed by atoms with Gasteiger partial charge in [-0.25, -0.2) is 4.99 Å². The van der Waals surface area contributed by atoms with E-state index >= 15 is 0 Å². The summed E-state index contributed by atoms with van der Waals surface area (Å²) < 4.78 is 12.4. The first-order valence-corrected chi connectivity index (χ1v) is 14.7. The van der Waals surface area contributed by atoms with Crippen LogP contribution in [0.3, 0.4) is 0 Å². The molecule has 2 N–H and O–H groups in total. The Bertz CT molecular complexity index is 1780. The Hall–Kier alpha value is -5.80. The summed E-state index contributed by atoms with van der Waals surface area (Å²) in [6, 6.07) is 31.1. The highest BCUT2D eigenvalue weighted by Crippen LogP contribution is 2.44. The van der Waals surface area contributed by atoms with Gasteiger partial charge < -0.3 is 19.9 Å². The third kappa shape index (κ3) is 7.28. The smallest absolute Gasteiger partial charge is 0.257 e. The van der Waals surface area contributed by atoms with Crippen LogP contribution in [0, 0.1) is 0 Å². The number of para-hydroxylation sites is 1. The number of nitrogens with one attached hydrogen (secondary N) is 1. The monoisotopic (exact) mass is 616 g/mol. The van der Waals surface area contributed by atoms with Crippen LogP contribution < -0.4 is 10.1 Å². The average Bonchev–Trinajstić information content (AvgIpc) is 3.48. The number of benzene rings is 4. The highest BCUT2D eigenvalue weighted by atomic mass is 16.5. The second-order valence-electron chi connectivity index (χ2n) is 10.5. The van der Waals surface area contributed by atoms with E-state index in [1.807, 2.05) is 66.7 Å². The minimum absolute atomic E-state index is 0.0321. The standard InChI is InChI=1S/C34H32N8O4/c35-41-37-22-26-10-5-4-9-25(26)21-34(33(44)39-28-12-2-1-3-13-28)31(30-14-7-6-11-27(30)23-38-42-36)46-32(40-34)24-15-17-29(18-16-24)45-20-8-19-43/h1-7,9-18,31,43H,8,19-23H2,(H,39,44)/t31-,34-/m1/s1. The third-order valence-corrected chi connectivity index (χ3v) is 7.59. The minimum Gasteiger partial charge on any atom is -0.494 e. The number of aliphatic hydroxyl groups excluding tert-OH is 1. The predicted octanol–water partition coefficient (Wildman–Crippen LogP) is 7.21. The summed E-state index contributed by atoms with van der Waals surface area (Å²) >= 11 is 0. The number of anilines is 1. The molecular weight excluding hydrogens is 584 g/mol. The Labute approximate surface area is 265 Å². The summed E-state index contributed by atoms with van der Waals surface area (Å²) in [5, 5.41) is 19.7. The van der Waals surface area contributed by atoms with Gasteiger partial charge in [0.05, 0.1) is 19.7 Å². The van der Waals surface area contributed by atoms with Crippen molar-refractivity contribution in [1.29, 1.82) is 0 Å². The van der Waals surface area contributed by atoms with Crippen LogP contribution in [0.1, 0.15) is 40.3 Å². The van der Waals surface area contributed by atoms with Crippen LogP contribution in [0.15, 0.2) is 118 Å². The van der Waals surface area contributed by atoms with E-state index in [0.717, 1.165) is 11.1 Å². The van der Waals surface area contributed by atoms with Crippen LogP contribution in [-0.2, 0) is 29.0 Å². The van der Waals surface area contributed by atoms with Crippen molar-refractivity contribution < 1.29 is 19.4 Å². The Morgan fingerprint density at radius 3 is 2.20 bits per heavy atom. The highest BCUT2D eigenvalue weighted by molar-refractivity contribution is 6.05. The van der Waals surface area contributed by atoms with Crippen LogP contribution in [0.25, 0.3) is 20.9 Å². The van der Waals surface area contributed by atoms with E-state index in [4.69, 9.17) is 30.6 Å². The van der Waals surface area contributed by atoms with Gasteiger partial charge in [-0.3, -0.25) is 4.79 Å². The average molecular weight is 617 g/mol. The fourth-order valence-electron chi connectivity index (χ4n) is 5.34. The Kier molecular flexibility index (Phi) is 10.5. The van der Waals surface area contributed by atoms with Crippen molar-refractivity contribution >= 4 is 17.5 Å². The van der Waals surface area contributed by atoms with Crippen molar-refractivity contribution in [2.75, 3.05) is 18.5 Å². The summed E-state index contributed by atoms with van der Waals surface area (Å²) in [7, 11) is 0. The first-order valence-electron chi connectivity index (χ1n) is 14.7. The molecule has 0 unspecified atom stereocenters. The van der Waals surface area contributed by atoms with Crippen LogP contribution >= 0.6 is 0 Å². The summed E-state index contributed by atoms with van der Waals surface area (Å²) in [6.07, 6.45) is -0.312. The molecule has 4 aromatic rings. The van der Waals surface area contributed by atoms with E-state index in [-0.39, 0.29) is 32.0 Å². The topological polar surface area (TPSA) is 178 Å². The Balaban J connectivity index is 1.67. The number of amides is 1. The summed E-state index contributed by atoms with van der Waals surface area (Å²) in [4.78, 5) is 25.6. The second kappa shape index (κ2) is 15.3. The molecule has 1 aliphatic heterocycles. The molecule has 0 bridgehead atoms. The molecule has 4 aromatic carbocycles. The van der Waals surface area contributed by atoms with Gasteiger partial charge in [-0.1, -0.05) is 77.0 Å². The normalized spacial score (nSPS) is 16.7. The molecule has 12 nitrogen and oxygen atoms in total. The number of aliphatic hydroxyl groups is 1. The maximum Gasteiger partial charge on any atom is 0.257 e. The number of rotatable bonds is 14. The van der Waals surface area contributed by atoms with E-state index in [0.29, 0.717) is 41.2 Å². The molecule has 1 aliphatic rings. The number of ether oxygens (including phenoxy) is 2. The number of carbonyl (C=O) groups excluding carboxylic acids is 1. The van der Waals surface area contributed by atoms with Crippen LogP contribution in [0.5, 0.6) is 5.75 Å². The fourth-order valence-corrected chi connectivity index (χ4v) is 5.34. The molecule has 0 spiro atoms. The van der Waals surface area contributed by atoms with E-state index < -0.39 is 17.6 Å². The summed E-state index contributed by atoms with van der Waals surface area (Å²) in [6.45, 7) is 0.543. The second-order valence-corrected chi connectivity index (χ2v) is 10.5. The summed E-state index contributed by atoms with van der Waals surface area (Å²) in [5.41, 5.74) is 20.7. The maximum atomic E-state index is 14.7. The lowest BCUT2D eigenvalue weighted by Crippen LogP contribution is -2.47.